The van der Waals surface area contributed by atoms with E-state index in [1.54, 1.807) is 14.2 Å². The van der Waals surface area contributed by atoms with Crippen molar-refractivity contribution in [1.29, 1.82) is 0 Å². The maximum absolute atomic E-state index is 5.79. The van der Waals surface area contributed by atoms with Crippen LogP contribution in [0.3, 0.4) is 0 Å². The quantitative estimate of drug-likeness (QED) is 0.871. The monoisotopic (exact) mass is 251 g/mol. The highest BCUT2D eigenvalue weighted by atomic mass is 16.5. The van der Waals surface area contributed by atoms with Gasteiger partial charge in [-0.25, -0.2) is 4.98 Å². The fourth-order valence-corrected chi connectivity index (χ4v) is 2.37. The molecule has 0 saturated heterocycles. The molecule has 1 N–H and O–H groups in total. The predicted molar refractivity (Wildman–Crippen MR) is 70.2 cm³/mol. The van der Waals surface area contributed by atoms with Crippen molar-refractivity contribution in [3.05, 3.63) is 6.33 Å². The number of nitrogens with zero attached hydrogens (tertiary/aromatic N) is 2. The molecule has 1 aliphatic rings. The second-order valence-corrected chi connectivity index (χ2v) is 4.63. The minimum absolute atomic E-state index is 0.530. The van der Waals surface area contributed by atoms with Crippen LogP contribution >= 0.6 is 0 Å². The summed E-state index contributed by atoms with van der Waals surface area (Å²) in [5.41, 5.74) is 0. The summed E-state index contributed by atoms with van der Waals surface area (Å²) in [6.45, 7) is 0.719. The molecule has 0 spiro atoms. The number of methoxy groups -OCH3 is 1. The van der Waals surface area contributed by atoms with E-state index in [1.165, 1.54) is 38.4 Å². The number of anilines is 1. The minimum atomic E-state index is 0.530. The third-order valence-corrected chi connectivity index (χ3v) is 3.39. The Labute approximate surface area is 108 Å². The van der Waals surface area contributed by atoms with E-state index in [1.807, 2.05) is 0 Å². The minimum Gasteiger partial charge on any atom is -0.489 e. The van der Waals surface area contributed by atoms with Crippen LogP contribution in [0, 0.1) is 5.92 Å². The van der Waals surface area contributed by atoms with Crippen molar-refractivity contribution in [3.8, 4) is 11.6 Å². The fraction of sp³-hybridized carbons (Fsp3) is 0.692. The van der Waals surface area contributed by atoms with Crippen LogP contribution in [-0.4, -0.2) is 30.7 Å². The zero-order chi connectivity index (χ0) is 12.8. The van der Waals surface area contributed by atoms with Crippen LogP contribution in [-0.2, 0) is 0 Å². The lowest BCUT2D eigenvalue weighted by molar-refractivity contribution is 0.196. The molecule has 1 aliphatic carbocycles. The van der Waals surface area contributed by atoms with Gasteiger partial charge in [0.05, 0.1) is 13.7 Å². The Morgan fingerprint density at radius 1 is 1.28 bits per heavy atom. The molecule has 0 unspecified atom stereocenters. The molecule has 5 heteroatoms. The Hall–Kier alpha value is -1.52. The first-order valence-corrected chi connectivity index (χ1v) is 6.54. The summed E-state index contributed by atoms with van der Waals surface area (Å²) in [6.07, 6.45) is 7.99. The van der Waals surface area contributed by atoms with E-state index in [4.69, 9.17) is 9.47 Å². The van der Waals surface area contributed by atoms with E-state index in [2.05, 4.69) is 15.3 Å². The lowest BCUT2D eigenvalue weighted by atomic mass is 9.90. The summed E-state index contributed by atoms with van der Waals surface area (Å²) in [4.78, 5) is 8.24. The number of hydrogen-bond acceptors (Lipinski definition) is 5. The van der Waals surface area contributed by atoms with E-state index in [-0.39, 0.29) is 0 Å². The summed E-state index contributed by atoms with van der Waals surface area (Å²) < 4.78 is 11.1. The number of aromatic nitrogens is 2. The topological polar surface area (TPSA) is 56.3 Å². The van der Waals surface area contributed by atoms with Crippen molar-refractivity contribution in [3.63, 3.8) is 0 Å². The van der Waals surface area contributed by atoms with Gasteiger partial charge in [-0.2, -0.15) is 4.98 Å². The van der Waals surface area contributed by atoms with Crippen LogP contribution in [0.2, 0.25) is 0 Å². The second kappa shape index (κ2) is 6.42. The van der Waals surface area contributed by atoms with Gasteiger partial charge in [0.1, 0.15) is 6.33 Å². The molecule has 0 bridgehead atoms. The Morgan fingerprint density at radius 3 is 2.72 bits per heavy atom. The summed E-state index contributed by atoms with van der Waals surface area (Å²) in [5, 5.41) is 2.97. The van der Waals surface area contributed by atoms with Crippen LogP contribution in [0.15, 0.2) is 6.33 Å². The summed E-state index contributed by atoms with van der Waals surface area (Å²) >= 11 is 0. The average molecular weight is 251 g/mol. The number of hydrogen-bond donors (Lipinski definition) is 1. The lowest BCUT2D eigenvalue weighted by Crippen LogP contribution is -2.16. The summed E-state index contributed by atoms with van der Waals surface area (Å²) in [5.74, 6) is 2.42. The van der Waals surface area contributed by atoms with Crippen LogP contribution in [0.25, 0.3) is 0 Å². The molecule has 1 aromatic rings. The van der Waals surface area contributed by atoms with Crippen LogP contribution < -0.4 is 14.8 Å². The van der Waals surface area contributed by atoms with E-state index in [0.29, 0.717) is 23.4 Å². The molecule has 1 aromatic heterocycles. The first-order valence-electron chi connectivity index (χ1n) is 6.54. The number of rotatable bonds is 5. The average Bonchev–Trinajstić information content (AvgIpc) is 2.45. The normalized spacial score (nSPS) is 16.3. The lowest BCUT2D eigenvalue weighted by Gasteiger charge is -2.21. The second-order valence-electron chi connectivity index (χ2n) is 4.63. The van der Waals surface area contributed by atoms with Gasteiger partial charge >= 0.3 is 0 Å². The van der Waals surface area contributed by atoms with Crippen molar-refractivity contribution in [1.82, 2.24) is 9.97 Å². The SMILES string of the molecule is CNc1ncnc(OCC2CCCCC2)c1OC. The Morgan fingerprint density at radius 2 is 2.06 bits per heavy atom. The summed E-state index contributed by atoms with van der Waals surface area (Å²) in [7, 11) is 3.41. The van der Waals surface area contributed by atoms with Gasteiger partial charge in [-0.15, -0.1) is 0 Å². The molecule has 1 heterocycles. The molecule has 0 atom stereocenters. The van der Waals surface area contributed by atoms with E-state index in [9.17, 15) is 0 Å². The zero-order valence-electron chi connectivity index (χ0n) is 11.1. The standard InChI is InChI=1S/C13H21N3O2/c1-14-12-11(17-2)13(16-9-15-12)18-8-10-6-4-3-5-7-10/h9-10H,3-8H2,1-2H3,(H,14,15,16). The van der Waals surface area contributed by atoms with Gasteiger partial charge in [-0.1, -0.05) is 19.3 Å². The van der Waals surface area contributed by atoms with Crippen LogP contribution in [0.1, 0.15) is 32.1 Å². The molecule has 0 radical (unpaired) electrons. The first-order chi connectivity index (χ1) is 8.85. The number of ether oxygens (including phenoxy) is 2. The van der Waals surface area contributed by atoms with Crippen LogP contribution in [0.5, 0.6) is 11.6 Å². The van der Waals surface area contributed by atoms with Gasteiger partial charge in [0, 0.05) is 7.05 Å². The van der Waals surface area contributed by atoms with Gasteiger partial charge < -0.3 is 14.8 Å². The largest absolute Gasteiger partial charge is 0.489 e. The molecular weight excluding hydrogens is 230 g/mol. The molecule has 0 amide bonds. The zero-order valence-corrected chi connectivity index (χ0v) is 11.1. The third-order valence-electron chi connectivity index (χ3n) is 3.39. The van der Waals surface area contributed by atoms with Gasteiger partial charge in [-0.3, -0.25) is 0 Å². The van der Waals surface area contributed by atoms with Crippen molar-refractivity contribution in [2.24, 2.45) is 5.92 Å². The Bertz CT molecular complexity index is 378. The van der Waals surface area contributed by atoms with Gasteiger partial charge in [0.15, 0.2) is 5.82 Å². The van der Waals surface area contributed by atoms with Crippen LogP contribution in [0.4, 0.5) is 5.82 Å². The molecule has 0 aliphatic heterocycles. The highest BCUT2D eigenvalue weighted by Crippen LogP contribution is 2.32. The molecular formula is C13H21N3O2. The van der Waals surface area contributed by atoms with Gasteiger partial charge in [0.25, 0.3) is 5.88 Å². The van der Waals surface area contributed by atoms with Crippen molar-refractivity contribution in [2.75, 3.05) is 26.1 Å². The molecule has 1 saturated carbocycles. The van der Waals surface area contributed by atoms with Gasteiger partial charge in [-0.05, 0) is 18.8 Å². The van der Waals surface area contributed by atoms with E-state index < -0.39 is 0 Å². The third kappa shape index (κ3) is 3.03. The maximum atomic E-state index is 5.79. The predicted octanol–water partition coefficient (Wildman–Crippen LogP) is 2.49. The van der Waals surface area contributed by atoms with Crippen molar-refractivity contribution < 1.29 is 9.47 Å². The fourth-order valence-electron chi connectivity index (χ4n) is 2.37. The Balaban J connectivity index is 1.99. The number of nitrogens with one attached hydrogen (secondary N) is 1. The molecule has 0 aromatic carbocycles. The molecule has 1 fully saturated rings. The van der Waals surface area contributed by atoms with E-state index >= 15 is 0 Å². The van der Waals surface area contributed by atoms with Crippen molar-refractivity contribution >= 4 is 5.82 Å². The smallest absolute Gasteiger partial charge is 0.262 e. The highest BCUT2D eigenvalue weighted by molar-refractivity contribution is 5.54. The first kappa shape index (κ1) is 12.9. The summed E-state index contributed by atoms with van der Waals surface area (Å²) in [6, 6.07) is 0. The molecule has 2 rings (SSSR count). The highest BCUT2D eigenvalue weighted by Gasteiger charge is 2.17. The van der Waals surface area contributed by atoms with Crippen molar-refractivity contribution in [2.45, 2.75) is 32.1 Å². The molecule has 100 valence electrons. The Kier molecular flexibility index (Phi) is 4.61. The maximum Gasteiger partial charge on any atom is 0.262 e. The van der Waals surface area contributed by atoms with Gasteiger partial charge in [0.2, 0.25) is 5.75 Å². The molecule has 5 nitrogen and oxygen atoms in total. The molecule has 18 heavy (non-hydrogen) atoms. The van der Waals surface area contributed by atoms with E-state index in [0.717, 1.165) is 6.61 Å².